The molecular weight excluding hydrogens is 1970 g/mol. The van der Waals surface area contributed by atoms with E-state index in [0.29, 0.717) is 16.2 Å². The number of fused-ring (bicyclic) bond motifs is 4. The fourth-order valence-corrected chi connectivity index (χ4v) is 32.1. The summed E-state index contributed by atoms with van der Waals surface area (Å²) in [6.07, 6.45) is -4.12. The van der Waals surface area contributed by atoms with Crippen LogP contribution in [-0.2, 0) is 51.7 Å². The van der Waals surface area contributed by atoms with E-state index in [4.69, 9.17) is 81.9 Å². The molecule has 786 valence electrons. The lowest BCUT2D eigenvalue weighted by molar-refractivity contribution is -0.156. The minimum atomic E-state index is -3.00. The van der Waals surface area contributed by atoms with Gasteiger partial charge < -0.3 is 98.9 Å². The Kier molecular flexibility index (Phi) is 36.3. The quantitative estimate of drug-likeness (QED) is 0.0115. The second kappa shape index (κ2) is 47.6. The molecule has 31 nitrogen and oxygen atoms in total. The number of ether oxygens (including phenoxy) is 6. The summed E-state index contributed by atoms with van der Waals surface area (Å²) in [6, 6.07) is 61.5. The number of nitrogens with two attached hydrogens (primary N) is 4. The predicted molar refractivity (Wildman–Crippen MR) is 573 cm³/mol. The number of alkyl halides is 4. The van der Waals surface area contributed by atoms with E-state index in [1.807, 2.05) is 84.9 Å². The highest BCUT2D eigenvalue weighted by Crippen LogP contribution is 2.51. The summed E-state index contributed by atoms with van der Waals surface area (Å²) >= 11 is 11.8. The summed E-state index contributed by atoms with van der Waals surface area (Å²) in [4.78, 5) is 64.7. The van der Waals surface area contributed by atoms with Gasteiger partial charge in [-0.3, -0.25) is 14.4 Å². The number of carbonyl (C=O) groups is 3. The number of aliphatic hydroxyl groups excluding tert-OH is 4. The number of nitrogen functional groups attached to an aromatic ring is 4. The van der Waals surface area contributed by atoms with Crippen molar-refractivity contribution in [3.05, 3.63) is 256 Å². The van der Waals surface area contributed by atoms with Gasteiger partial charge >= 0.3 is 11.9 Å². The molecule has 0 bridgehead atoms. The third kappa shape index (κ3) is 23.5. The molecule has 12 N–H and O–H groups in total. The molecule has 0 amide bonds. The van der Waals surface area contributed by atoms with Crippen molar-refractivity contribution in [2.75, 3.05) is 49.4 Å². The molecule has 6 aromatic carbocycles. The molecule has 4 aliphatic heterocycles. The smallest absolute Gasteiger partial charge is 0.303 e. The number of benzene rings is 6. The molecule has 0 saturated carbocycles. The molecule has 18 rings (SSSR count). The molecule has 0 aliphatic carbocycles. The molecule has 146 heavy (non-hydrogen) atoms. The Morgan fingerprint density at radius 3 is 0.863 bits per heavy atom. The average Bonchev–Trinajstić information content (AvgIpc) is 1.35. The summed E-state index contributed by atoms with van der Waals surface area (Å²) in [5.74, 6) is -0.871. The van der Waals surface area contributed by atoms with Crippen molar-refractivity contribution < 1.29 is 95.1 Å². The number of nitrogens with zero attached hydrogens (tertiary/aromatic N) is 12. The van der Waals surface area contributed by atoms with E-state index in [9.17, 15) is 34.1 Å². The molecule has 4 aliphatic rings. The van der Waals surface area contributed by atoms with E-state index in [2.05, 4.69) is 211 Å². The maximum absolute atomic E-state index is 16.8. The van der Waals surface area contributed by atoms with E-state index >= 15 is 13.2 Å². The molecule has 8 aromatic heterocycles. The van der Waals surface area contributed by atoms with Gasteiger partial charge in [-0.2, -0.15) is 11.1 Å². The van der Waals surface area contributed by atoms with Crippen LogP contribution < -0.4 is 54.1 Å². The van der Waals surface area contributed by atoms with Gasteiger partial charge in [0.15, 0.2) is 59.8 Å². The fourth-order valence-electron chi connectivity index (χ4n) is 18.8. The van der Waals surface area contributed by atoms with Crippen LogP contribution in [0.2, 0.25) is 15.1 Å². The summed E-state index contributed by atoms with van der Waals surface area (Å²) in [7, 11) is -8.16. The zero-order valence-electron chi connectivity index (χ0n) is 85.4. The van der Waals surface area contributed by atoms with Crippen molar-refractivity contribution in [3.63, 3.8) is 0 Å². The van der Waals surface area contributed by atoms with Crippen LogP contribution in [0.1, 0.15) is 171 Å². The molecule has 12 unspecified atom stereocenters. The molecule has 16 atom stereocenters. The number of rotatable bonds is 20. The van der Waals surface area contributed by atoms with Gasteiger partial charge in [0.25, 0.3) is 16.6 Å². The molecule has 14 aromatic rings. The van der Waals surface area contributed by atoms with Crippen LogP contribution in [0.25, 0.3) is 44.1 Å². The monoisotopic (exact) mass is 2110 g/mol. The Morgan fingerprint density at radius 1 is 0.390 bits per heavy atom. The zero-order valence-corrected chi connectivity index (χ0v) is 85.9. The number of anilines is 4. The minimum Gasteiger partial charge on any atom is -0.456 e. The van der Waals surface area contributed by atoms with Gasteiger partial charge in [0.2, 0.25) is 12.6 Å². The molecule has 4 fully saturated rings. The third-order valence-electron chi connectivity index (χ3n) is 25.7. The van der Waals surface area contributed by atoms with Crippen molar-refractivity contribution in [2.45, 2.75) is 252 Å². The van der Waals surface area contributed by atoms with Crippen molar-refractivity contribution >= 4 is 162 Å². The maximum atomic E-state index is 16.8. The first-order valence-electron chi connectivity index (χ1n) is 47.8. The van der Waals surface area contributed by atoms with E-state index in [1.54, 1.807) is 0 Å². The topological polar surface area (TPSA) is 433 Å². The first-order chi connectivity index (χ1) is 68.7. The summed E-state index contributed by atoms with van der Waals surface area (Å²) in [6.45, 7) is 27.2. The van der Waals surface area contributed by atoms with Gasteiger partial charge in [0.05, 0.1) is 53.5 Å². The minimum absolute atomic E-state index is 0. The lowest BCUT2D eigenvalue weighted by Gasteiger charge is -2.43. The molecule has 0 spiro atoms. The summed E-state index contributed by atoms with van der Waals surface area (Å²) in [5.41, 5.74) is 15.7. The van der Waals surface area contributed by atoms with Crippen LogP contribution in [-0.4, -0.2) is 218 Å². The van der Waals surface area contributed by atoms with Crippen LogP contribution in [0.3, 0.4) is 0 Å². The number of aliphatic hydroxyl groups is 4. The van der Waals surface area contributed by atoms with Crippen molar-refractivity contribution in [1.82, 2.24) is 58.1 Å². The number of carbonyl (C=O) groups excluding carboxylic acids is 3. The Balaban J connectivity index is 0.000000211. The Bertz CT molecular complexity index is 6780. The molecule has 12 heterocycles. The van der Waals surface area contributed by atoms with E-state index in [1.165, 1.54) is 120 Å². The van der Waals surface area contributed by atoms with Gasteiger partial charge in [-0.05, 0) is 110 Å². The van der Waals surface area contributed by atoms with Crippen molar-refractivity contribution in [3.8, 4) is 0 Å². The van der Waals surface area contributed by atoms with Gasteiger partial charge in [0.1, 0.15) is 108 Å². The van der Waals surface area contributed by atoms with Crippen LogP contribution in [0.5, 0.6) is 0 Å². The fraction of sp³-hybridized carbons (Fsp3) is 0.406. The zero-order chi connectivity index (χ0) is 107. The largest absolute Gasteiger partial charge is 0.456 e. The van der Waals surface area contributed by atoms with Crippen molar-refractivity contribution in [2.24, 2.45) is 0 Å². The SMILES string of the molecule is C.C.C.C.CC(=O)Cl.CC(C)(C)[Si](Cl)(c1ccccc1)c1ccccc1.[3H]c1cn(C2OC(CO)C(O)[C@]2(C)F)c2ncnc(N)c12.[3H]c1cn(C2OC(CO)C(OC(C)=O)[C@]2(C)F)c2ncnc(N)c12.[3H]c1cn(C2OC(CO[Si](c3ccccc3)(c3ccccc3)C(C)(C)C)C(O)[C@]2(C)F)c2ncnc(N)c12.[3H]c1cn(C2OC(CO[Si](c3ccccc3)(c3ccccc3)C(C)(C)C)C(OC(C)=O)[C@]2(C)F)c2ncnc(N)c12. The number of hydrogen-bond acceptors (Lipinski definition) is 27. The third-order valence-corrected chi connectivity index (χ3v) is 43.0. The first kappa shape index (κ1) is 111. The first-order valence-corrected chi connectivity index (χ1v) is 53.0. The second-order valence-electron chi connectivity index (χ2n) is 38.6. The highest BCUT2D eigenvalue weighted by atomic mass is 35.6. The normalized spacial score (nSPS) is 24.2. The van der Waals surface area contributed by atoms with Gasteiger partial charge in [-0.1, -0.05) is 274 Å². The number of aromatic nitrogens is 12. The lowest BCUT2D eigenvalue weighted by Crippen LogP contribution is -2.67. The number of halogens is 6. The molecule has 40 heteroatoms. The lowest BCUT2D eigenvalue weighted by atomic mass is 9.98. The van der Waals surface area contributed by atoms with Crippen LogP contribution in [0.4, 0.5) is 40.8 Å². The van der Waals surface area contributed by atoms with Gasteiger partial charge in [-0.25, -0.2) is 57.4 Å². The molecule has 4 saturated heterocycles. The van der Waals surface area contributed by atoms with Crippen LogP contribution >= 0.6 is 22.7 Å². The Morgan fingerprint density at radius 2 is 0.616 bits per heavy atom. The van der Waals surface area contributed by atoms with Gasteiger partial charge in [0, 0.05) is 45.6 Å². The molecule has 0 radical (unpaired) electrons. The number of esters is 2. The highest BCUT2D eigenvalue weighted by molar-refractivity contribution is 7.35. The number of hydrogen-bond donors (Lipinski definition) is 8. The van der Waals surface area contributed by atoms with E-state index in [-0.39, 0.29) is 139 Å². The van der Waals surface area contributed by atoms with E-state index in [0.717, 1.165) is 27.7 Å². The van der Waals surface area contributed by atoms with Crippen LogP contribution in [0.15, 0.2) is 256 Å². The van der Waals surface area contributed by atoms with E-state index < -0.39 is 146 Å². The second-order valence-corrected chi connectivity index (χ2v) is 53.5. The Labute approximate surface area is 868 Å². The predicted octanol–water partition coefficient (Wildman–Crippen LogP) is 15.4. The molecular formula is C106H138Cl2F4N16O15Si3. The standard InChI is InChI=1S/C30H35FN4O4Si.C28H33FN4O3Si.C16H19ClSi.C14H17FN4O4.C12H15FN4O3.C2H3ClO.4CH4/c1-20(36)38-25-24(39-28(30(25,5)31)35-17-16-23-26(32)33-19-34-27(23)35)18-37-40(29(2,3)4,21-12-8-6-9-13-21)22-14-10-7-11-15-22;1-27(2,3)37(19-11-7-5-8-12-19,20-13-9-6-10-14-20)35-17-22-23(34)28(4,29)26(36-22)33-16-15-21-24(30)31-18-32-25(21)33;1-16(2,3)18(17,14-10-6-4-7-11-14)15-12-8-5-9-13-15;1-7(21)22-10-9(5-20)23-13(14(10,2)15)19-4-3-8-11(16)17-6-18-12(8)19;1-12(13)8(19)7(4-18)20-11(12)17-3-2-6-9(14)15-5-16-10(6)17;1-2(3)4;;;;/h6-17,19,24-25,28H,18H2,1-5H3,(H2,32,33,34);5-16,18,22-23,26,34H,17H2,1-4H3,(H2,30,31,32);4-13H,1-3H3;3-4,6,9-10,13,20H,5H2,1-2H3,(H2,16,17,18);2-3,5,7-8,11,18-19H,4H2,1H3,(H2,14,15,16);1H3;4*1H4/t24?,25?,28?,30-;22?,23?,26?,28-;;9?,10?,13?,14-;7?,8?,11?,12-;;;;;/m00.00...../s1/i16T;15T;;3T;2T;;;;;. The van der Waals surface area contributed by atoms with Crippen LogP contribution in [0, 0.1) is 0 Å². The van der Waals surface area contributed by atoms with Crippen molar-refractivity contribution in [1.29, 1.82) is 0 Å². The van der Waals surface area contributed by atoms with Gasteiger partial charge in [-0.15, -0.1) is 0 Å². The Hall–Kier alpha value is -11.8. The summed E-state index contributed by atoms with van der Waals surface area (Å²) < 4.78 is 149. The average molecular weight is 2120 g/mol. The maximum Gasteiger partial charge on any atom is 0.303 e. The summed E-state index contributed by atoms with van der Waals surface area (Å²) in [5, 5.41) is 46.7. The highest BCUT2D eigenvalue weighted by Gasteiger charge is 2.63.